The van der Waals surface area contributed by atoms with Crippen molar-refractivity contribution in [1.82, 2.24) is 5.32 Å². The van der Waals surface area contributed by atoms with E-state index in [2.05, 4.69) is 11.9 Å². The highest BCUT2D eigenvalue weighted by molar-refractivity contribution is 5.19. The van der Waals surface area contributed by atoms with Crippen molar-refractivity contribution in [2.45, 2.75) is 13.0 Å². The molecule has 0 aliphatic rings. The van der Waals surface area contributed by atoms with Gasteiger partial charge >= 0.3 is 0 Å². The largest absolute Gasteiger partial charge is 0.502 e. The Hall–Kier alpha value is -1.49. The second-order valence-electron chi connectivity index (χ2n) is 3.44. The summed E-state index contributed by atoms with van der Waals surface area (Å²) in [5.41, 5.74) is 0.367. The van der Waals surface area contributed by atoms with Gasteiger partial charge in [0.25, 0.3) is 0 Å². The smallest absolute Gasteiger partial charge is 0.194 e. The fourth-order valence-corrected chi connectivity index (χ4v) is 1.31. The van der Waals surface area contributed by atoms with E-state index in [0.717, 1.165) is 18.6 Å². The first-order valence-corrected chi connectivity index (χ1v) is 5.21. The van der Waals surface area contributed by atoms with E-state index < -0.39 is 17.5 Å². The molecule has 0 aliphatic heterocycles. The molecule has 0 spiro atoms. The Morgan fingerprint density at radius 2 is 1.88 bits per heavy atom. The van der Waals surface area contributed by atoms with Crippen molar-refractivity contribution in [3.63, 3.8) is 0 Å². The average molecular weight is 245 g/mol. The highest BCUT2D eigenvalue weighted by atomic mass is 19.2. The lowest BCUT2D eigenvalue weighted by Gasteiger charge is -2.06. The second kappa shape index (κ2) is 6.96. The molecule has 0 aromatic heterocycles. The topological polar surface area (TPSA) is 21.3 Å². The van der Waals surface area contributed by atoms with Crippen LogP contribution in [0.4, 0.5) is 13.2 Å². The summed E-state index contributed by atoms with van der Waals surface area (Å²) < 4.78 is 43.2. The van der Waals surface area contributed by atoms with Gasteiger partial charge in [0.15, 0.2) is 17.5 Å². The van der Waals surface area contributed by atoms with Gasteiger partial charge in [-0.1, -0.05) is 6.58 Å². The van der Waals surface area contributed by atoms with Crippen molar-refractivity contribution >= 4 is 0 Å². The van der Waals surface area contributed by atoms with Crippen LogP contribution in [-0.4, -0.2) is 13.2 Å². The maximum absolute atomic E-state index is 12.8. The van der Waals surface area contributed by atoms with E-state index >= 15 is 0 Å². The van der Waals surface area contributed by atoms with Crippen LogP contribution in [0.1, 0.15) is 12.0 Å². The summed E-state index contributed by atoms with van der Waals surface area (Å²) in [6.45, 7) is 4.84. The molecule has 0 fully saturated rings. The zero-order valence-electron chi connectivity index (χ0n) is 9.31. The molecule has 2 nitrogen and oxygen atoms in total. The normalized spacial score (nSPS) is 10.3. The summed E-state index contributed by atoms with van der Waals surface area (Å²) in [5, 5.41) is 2.96. The van der Waals surface area contributed by atoms with E-state index in [1.165, 1.54) is 6.26 Å². The standard InChI is InChI=1S/C12H14F3NO/c1-2-17-5-3-4-16-8-9-6-10(13)12(15)11(14)7-9/h2,6-7,16H,1,3-5,8H2. The van der Waals surface area contributed by atoms with Crippen LogP contribution in [0.15, 0.2) is 25.0 Å². The average Bonchev–Trinajstić information content (AvgIpc) is 2.30. The van der Waals surface area contributed by atoms with Gasteiger partial charge in [-0.2, -0.15) is 0 Å². The Morgan fingerprint density at radius 1 is 1.24 bits per heavy atom. The van der Waals surface area contributed by atoms with Gasteiger partial charge < -0.3 is 10.1 Å². The number of halogens is 3. The van der Waals surface area contributed by atoms with E-state index in [9.17, 15) is 13.2 Å². The lowest BCUT2D eigenvalue weighted by molar-refractivity contribution is 0.244. The van der Waals surface area contributed by atoms with Crippen molar-refractivity contribution in [2.24, 2.45) is 0 Å². The summed E-state index contributed by atoms with van der Waals surface area (Å²) >= 11 is 0. The van der Waals surface area contributed by atoms with E-state index in [4.69, 9.17) is 4.74 Å². The Kier molecular flexibility index (Phi) is 5.56. The Labute approximate surface area is 98.1 Å². The number of benzene rings is 1. The van der Waals surface area contributed by atoms with Gasteiger partial charge in [-0.05, 0) is 30.7 Å². The summed E-state index contributed by atoms with van der Waals surface area (Å²) in [5.74, 6) is -3.78. The van der Waals surface area contributed by atoms with Crippen LogP contribution in [0.2, 0.25) is 0 Å². The summed E-state index contributed by atoms with van der Waals surface area (Å²) in [7, 11) is 0. The number of hydrogen-bond acceptors (Lipinski definition) is 2. The van der Waals surface area contributed by atoms with Crippen LogP contribution in [-0.2, 0) is 11.3 Å². The molecule has 1 aromatic carbocycles. The molecule has 1 aromatic rings. The zero-order chi connectivity index (χ0) is 12.7. The van der Waals surface area contributed by atoms with Crippen LogP contribution in [0.5, 0.6) is 0 Å². The lowest BCUT2D eigenvalue weighted by atomic mass is 10.2. The van der Waals surface area contributed by atoms with Crippen molar-refractivity contribution in [3.8, 4) is 0 Å². The highest BCUT2D eigenvalue weighted by Crippen LogP contribution is 2.13. The molecule has 0 unspecified atom stereocenters. The molecule has 0 radical (unpaired) electrons. The van der Waals surface area contributed by atoms with Gasteiger partial charge in [-0.3, -0.25) is 0 Å². The molecule has 17 heavy (non-hydrogen) atoms. The maximum atomic E-state index is 12.8. The molecule has 0 amide bonds. The van der Waals surface area contributed by atoms with Crippen molar-refractivity contribution in [1.29, 1.82) is 0 Å². The molecule has 0 aliphatic carbocycles. The number of nitrogens with one attached hydrogen (secondary N) is 1. The second-order valence-corrected chi connectivity index (χ2v) is 3.44. The van der Waals surface area contributed by atoms with Crippen molar-refractivity contribution in [3.05, 3.63) is 48.0 Å². The van der Waals surface area contributed by atoms with Gasteiger partial charge in [0, 0.05) is 6.54 Å². The van der Waals surface area contributed by atoms with Crippen LogP contribution >= 0.6 is 0 Å². The van der Waals surface area contributed by atoms with E-state index in [1.54, 1.807) is 0 Å². The number of ether oxygens (including phenoxy) is 1. The lowest BCUT2D eigenvalue weighted by Crippen LogP contribution is -2.16. The Bertz CT molecular complexity index is 359. The van der Waals surface area contributed by atoms with E-state index in [1.807, 2.05) is 0 Å². The quantitative estimate of drug-likeness (QED) is 0.453. The maximum Gasteiger partial charge on any atom is 0.194 e. The third-order valence-electron chi connectivity index (χ3n) is 2.11. The first-order chi connectivity index (χ1) is 8.15. The minimum Gasteiger partial charge on any atom is -0.502 e. The van der Waals surface area contributed by atoms with E-state index in [0.29, 0.717) is 18.7 Å². The highest BCUT2D eigenvalue weighted by Gasteiger charge is 2.09. The monoisotopic (exact) mass is 245 g/mol. The number of rotatable bonds is 7. The molecular formula is C12H14F3NO. The third-order valence-corrected chi connectivity index (χ3v) is 2.11. The predicted molar refractivity (Wildman–Crippen MR) is 58.8 cm³/mol. The van der Waals surface area contributed by atoms with Gasteiger partial charge in [0.05, 0.1) is 12.9 Å². The van der Waals surface area contributed by atoms with Gasteiger partial charge in [-0.25, -0.2) is 13.2 Å². The number of hydrogen-bond donors (Lipinski definition) is 1. The fraction of sp³-hybridized carbons (Fsp3) is 0.333. The van der Waals surface area contributed by atoms with E-state index in [-0.39, 0.29) is 6.54 Å². The molecule has 0 heterocycles. The van der Waals surface area contributed by atoms with Crippen molar-refractivity contribution in [2.75, 3.05) is 13.2 Å². The summed E-state index contributed by atoms with van der Waals surface area (Å²) in [6.07, 6.45) is 2.10. The molecular weight excluding hydrogens is 231 g/mol. The molecule has 1 rings (SSSR count). The predicted octanol–water partition coefficient (Wildman–Crippen LogP) is 2.74. The summed E-state index contributed by atoms with van der Waals surface area (Å²) in [6, 6.07) is 1.96. The van der Waals surface area contributed by atoms with Gasteiger partial charge in [-0.15, -0.1) is 0 Å². The van der Waals surface area contributed by atoms with Crippen LogP contribution in [0.25, 0.3) is 0 Å². The third kappa shape index (κ3) is 4.48. The molecule has 0 saturated carbocycles. The Morgan fingerprint density at radius 3 is 2.47 bits per heavy atom. The van der Waals surface area contributed by atoms with Gasteiger partial charge in [0.1, 0.15) is 0 Å². The zero-order valence-corrected chi connectivity index (χ0v) is 9.31. The molecule has 5 heteroatoms. The van der Waals surface area contributed by atoms with Crippen molar-refractivity contribution < 1.29 is 17.9 Å². The molecule has 94 valence electrons. The van der Waals surface area contributed by atoms with Crippen LogP contribution < -0.4 is 5.32 Å². The first kappa shape index (κ1) is 13.6. The van der Waals surface area contributed by atoms with Crippen LogP contribution in [0.3, 0.4) is 0 Å². The van der Waals surface area contributed by atoms with Crippen LogP contribution in [0, 0.1) is 17.5 Å². The molecule has 0 saturated heterocycles. The summed E-state index contributed by atoms with van der Waals surface area (Å²) in [4.78, 5) is 0. The fourth-order valence-electron chi connectivity index (χ4n) is 1.31. The Balaban J connectivity index is 2.34. The minimum atomic E-state index is -1.44. The molecule has 1 N–H and O–H groups in total. The molecule has 0 bridgehead atoms. The van der Waals surface area contributed by atoms with Gasteiger partial charge in [0.2, 0.25) is 0 Å². The molecule has 0 atom stereocenters. The minimum absolute atomic E-state index is 0.280. The first-order valence-electron chi connectivity index (χ1n) is 5.21. The SMILES string of the molecule is C=COCCCNCc1cc(F)c(F)c(F)c1.